The highest BCUT2D eigenvalue weighted by molar-refractivity contribution is 5.84. The Hall–Kier alpha value is -2.62. The van der Waals surface area contributed by atoms with Crippen LogP contribution in [-0.4, -0.2) is 66.9 Å². The predicted octanol–water partition coefficient (Wildman–Crippen LogP) is 2.12. The number of nitrogens with one attached hydrogen (secondary N) is 1. The molecule has 0 aliphatic carbocycles. The van der Waals surface area contributed by atoms with Crippen molar-refractivity contribution in [2.75, 3.05) is 39.4 Å². The van der Waals surface area contributed by atoms with Crippen LogP contribution in [0.5, 0.6) is 0 Å². The molecule has 3 rings (SSSR count). The number of nitrogens with zero attached hydrogens (tertiary/aromatic N) is 2. The van der Waals surface area contributed by atoms with Gasteiger partial charge < -0.3 is 19.9 Å². The SMILES string of the molecule is O=C(CCC(=O)N1CCOCC1)N[C@H](CN1CCCC1=O)c1cccc(C(F)(F)F)c1. The Balaban J connectivity index is 1.67. The molecule has 0 saturated carbocycles. The molecule has 1 N–H and O–H groups in total. The van der Waals surface area contributed by atoms with Crippen LogP contribution in [0.25, 0.3) is 0 Å². The second kappa shape index (κ2) is 10.1. The monoisotopic (exact) mass is 441 g/mol. The summed E-state index contributed by atoms with van der Waals surface area (Å²) in [5, 5.41) is 2.72. The zero-order valence-corrected chi connectivity index (χ0v) is 17.1. The molecule has 0 aromatic heterocycles. The molecule has 0 bridgehead atoms. The maximum Gasteiger partial charge on any atom is 0.416 e. The van der Waals surface area contributed by atoms with E-state index in [-0.39, 0.29) is 36.8 Å². The first-order valence-electron chi connectivity index (χ1n) is 10.3. The first-order valence-corrected chi connectivity index (χ1v) is 10.3. The molecule has 2 saturated heterocycles. The molecule has 1 atom stereocenters. The fourth-order valence-corrected chi connectivity index (χ4v) is 3.74. The largest absolute Gasteiger partial charge is 0.416 e. The minimum Gasteiger partial charge on any atom is -0.378 e. The number of halogens is 3. The van der Waals surface area contributed by atoms with Gasteiger partial charge in [0.25, 0.3) is 0 Å². The fraction of sp³-hybridized carbons (Fsp3) is 0.571. The van der Waals surface area contributed by atoms with Gasteiger partial charge in [-0.2, -0.15) is 13.2 Å². The van der Waals surface area contributed by atoms with Crippen LogP contribution in [0.1, 0.15) is 42.9 Å². The Morgan fingerprint density at radius 3 is 2.52 bits per heavy atom. The van der Waals surface area contributed by atoms with E-state index in [0.717, 1.165) is 12.1 Å². The summed E-state index contributed by atoms with van der Waals surface area (Å²) in [6.07, 6.45) is -3.53. The van der Waals surface area contributed by atoms with E-state index in [1.807, 2.05) is 0 Å². The van der Waals surface area contributed by atoms with Crippen molar-refractivity contribution in [2.24, 2.45) is 0 Å². The summed E-state index contributed by atoms with van der Waals surface area (Å²) < 4.78 is 44.6. The molecule has 0 unspecified atom stereocenters. The third-order valence-corrected chi connectivity index (χ3v) is 5.46. The maximum absolute atomic E-state index is 13.1. The number of hydrogen-bond donors (Lipinski definition) is 1. The summed E-state index contributed by atoms with van der Waals surface area (Å²) in [5.74, 6) is -0.701. The lowest BCUT2D eigenvalue weighted by atomic mass is 10.0. The van der Waals surface area contributed by atoms with Crippen LogP contribution in [0.15, 0.2) is 24.3 Å². The number of morpholine rings is 1. The smallest absolute Gasteiger partial charge is 0.378 e. The van der Waals surface area contributed by atoms with Crippen molar-refractivity contribution in [3.05, 3.63) is 35.4 Å². The number of alkyl halides is 3. The van der Waals surface area contributed by atoms with E-state index in [4.69, 9.17) is 4.74 Å². The van der Waals surface area contributed by atoms with Gasteiger partial charge in [-0.15, -0.1) is 0 Å². The third kappa shape index (κ3) is 6.43. The van der Waals surface area contributed by atoms with E-state index in [2.05, 4.69) is 5.32 Å². The summed E-state index contributed by atoms with van der Waals surface area (Å²) >= 11 is 0. The quantitative estimate of drug-likeness (QED) is 0.703. The molecule has 1 aromatic carbocycles. The standard InChI is InChI=1S/C21H26F3N3O4/c22-21(23,24)16-4-1-3-15(13-16)17(14-27-8-2-5-19(27)29)25-18(28)6-7-20(30)26-9-11-31-12-10-26/h1,3-4,13,17H,2,5-12,14H2,(H,25,28)/t17-/m1/s1. The lowest BCUT2D eigenvalue weighted by Crippen LogP contribution is -2.42. The number of ether oxygens (including phenoxy) is 1. The van der Waals surface area contributed by atoms with Crippen molar-refractivity contribution in [1.82, 2.24) is 15.1 Å². The molecular weight excluding hydrogens is 415 g/mol. The van der Waals surface area contributed by atoms with Crippen molar-refractivity contribution in [1.29, 1.82) is 0 Å². The first kappa shape index (κ1) is 23.1. The number of carbonyl (C=O) groups is 3. The highest BCUT2D eigenvalue weighted by Crippen LogP contribution is 2.31. The number of rotatable bonds is 7. The molecule has 0 spiro atoms. The van der Waals surface area contributed by atoms with E-state index in [1.54, 1.807) is 9.80 Å². The van der Waals surface area contributed by atoms with Gasteiger partial charge >= 0.3 is 6.18 Å². The highest BCUT2D eigenvalue weighted by atomic mass is 19.4. The topological polar surface area (TPSA) is 79.0 Å². The van der Waals surface area contributed by atoms with E-state index in [0.29, 0.717) is 45.7 Å². The van der Waals surface area contributed by atoms with Crippen molar-refractivity contribution in [2.45, 2.75) is 37.9 Å². The minimum atomic E-state index is -4.52. The Morgan fingerprint density at radius 1 is 1.13 bits per heavy atom. The summed E-state index contributed by atoms with van der Waals surface area (Å²) in [6.45, 7) is 2.45. The molecule has 0 radical (unpaired) electrons. The number of benzene rings is 1. The Kier molecular flexibility index (Phi) is 7.53. The van der Waals surface area contributed by atoms with Gasteiger partial charge in [-0.3, -0.25) is 14.4 Å². The van der Waals surface area contributed by atoms with Crippen LogP contribution in [0.3, 0.4) is 0 Å². The summed E-state index contributed by atoms with van der Waals surface area (Å²) in [7, 11) is 0. The molecule has 10 heteroatoms. The molecule has 2 fully saturated rings. The zero-order valence-electron chi connectivity index (χ0n) is 17.1. The van der Waals surface area contributed by atoms with E-state index in [9.17, 15) is 27.6 Å². The van der Waals surface area contributed by atoms with E-state index < -0.39 is 23.7 Å². The van der Waals surface area contributed by atoms with Crippen LogP contribution in [0, 0.1) is 0 Å². The van der Waals surface area contributed by atoms with Gasteiger partial charge in [0.1, 0.15) is 0 Å². The van der Waals surface area contributed by atoms with E-state index in [1.165, 1.54) is 12.1 Å². The predicted molar refractivity (Wildman–Crippen MR) is 105 cm³/mol. The molecular formula is C21H26F3N3O4. The molecule has 31 heavy (non-hydrogen) atoms. The van der Waals surface area contributed by atoms with Crippen LogP contribution < -0.4 is 5.32 Å². The zero-order chi connectivity index (χ0) is 22.4. The van der Waals surface area contributed by atoms with Gasteiger partial charge in [-0.25, -0.2) is 0 Å². The number of likely N-dealkylation sites (tertiary alicyclic amines) is 1. The first-order chi connectivity index (χ1) is 14.7. The molecule has 2 aliphatic rings. The molecule has 3 amide bonds. The minimum absolute atomic E-state index is 0.00376. The average Bonchev–Trinajstić information content (AvgIpc) is 3.16. The van der Waals surface area contributed by atoms with E-state index >= 15 is 0 Å². The normalized spacial score (nSPS) is 18.2. The molecule has 1 aromatic rings. The van der Waals surface area contributed by atoms with Gasteiger partial charge in [0.2, 0.25) is 17.7 Å². The molecule has 2 aliphatic heterocycles. The lowest BCUT2D eigenvalue weighted by molar-refractivity contribution is -0.138. The Morgan fingerprint density at radius 2 is 1.87 bits per heavy atom. The van der Waals surface area contributed by atoms with Gasteiger partial charge in [0.15, 0.2) is 0 Å². The second-order valence-electron chi connectivity index (χ2n) is 7.68. The summed E-state index contributed by atoms with van der Waals surface area (Å²) in [6, 6.07) is 3.94. The van der Waals surface area contributed by atoms with Crippen molar-refractivity contribution in [3.63, 3.8) is 0 Å². The summed E-state index contributed by atoms with van der Waals surface area (Å²) in [4.78, 5) is 40.0. The fourth-order valence-electron chi connectivity index (χ4n) is 3.74. The molecule has 170 valence electrons. The number of hydrogen-bond acceptors (Lipinski definition) is 4. The van der Waals surface area contributed by atoms with Gasteiger partial charge in [-0.1, -0.05) is 12.1 Å². The van der Waals surface area contributed by atoms with Gasteiger partial charge in [-0.05, 0) is 24.1 Å². The maximum atomic E-state index is 13.1. The van der Waals surface area contributed by atoms with Crippen molar-refractivity contribution < 1.29 is 32.3 Å². The second-order valence-corrected chi connectivity index (χ2v) is 7.68. The highest BCUT2D eigenvalue weighted by Gasteiger charge is 2.32. The van der Waals surface area contributed by atoms with Gasteiger partial charge in [0, 0.05) is 45.4 Å². The van der Waals surface area contributed by atoms with Crippen molar-refractivity contribution >= 4 is 17.7 Å². The van der Waals surface area contributed by atoms with Crippen LogP contribution >= 0.6 is 0 Å². The molecule has 2 heterocycles. The lowest BCUT2D eigenvalue weighted by Gasteiger charge is -2.27. The molecule has 7 nitrogen and oxygen atoms in total. The van der Waals surface area contributed by atoms with Crippen LogP contribution in [0.4, 0.5) is 13.2 Å². The average molecular weight is 441 g/mol. The summed E-state index contributed by atoms with van der Waals surface area (Å²) in [5.41, 5.74) is -0.554. The van der Waals surface area contributed by atoms with Crippen LogP contribution in [0.2, 0.25) is 0 Å². The van der Waals surface area contributed by atoms with Crippen LogP contribution in [-0.2, 0) is 25.3 Å². The third-order valence-electron chi connectivity index (χ3n) is 5.46. The number of amides is 3. The Labute approximate surface area is 178 Å². The number of carbonyl (C=O) groups excluding carboxylic acids is 3. The van der Waals surface area contributed by atoms with Crippen molar-refractivity contribution in [3.8, 4) is 0 Å². The van der Waals surface area contributed by atoms with Gasteiger partial charge in [0.05, 0.1) is 24.8 Å². The Bertz CT molecular complexity index is 809.